The van der Waals surface area contributed by atoms with Gasteiger partial charge in [-0.05, 0) is 25.1 Å². The molecule has 2 heterocycles. The first-order valence-corrected chi connectivity index (χ1v) is 9.84. The lowest BCUT2D eigenvalue weighted by Crippen LogP contribution is -2.52. The molecule has 1 unspecified atom stereocenters. The summed E-state index contributed by atoms with van der Waals surface area (Å²) in [6.45, 7) is 4.56. The molecular formula is C23H24N4O2. The molecule has 29 heavy (non-hydrogen) atoms. The lowest BCUT2D eigenvalue weighted by atomic mass is 10.2. The molecule has 1 aliphatic rings. The summed E-state index contributed by atoms with van der Waals surface area (Å²) < 4.78 is 5.78. The minimum absolute atomic E-state index is 0.0150. The minimum atomic E-state index is -0.507. The summed E-state index contributed by atoms with van der Waals surface area (Å²) in [5.41, 5.74) is 0.995. The molecule has 0 saturated carbocycles. The van der Waals surface area contributed by atoms with E-state index >= 15 is 0 Å². The van der Waals surface area contributed by atoms with E-state index in [1.807, 2.05) is 71.6 Å². The van der Waals surface area contributed by atoms with Crippen LogP contribution in [0.3, 0.4) is 0 Å². The fourth-order valence-electron chi connectivity index (χ4n) is 3.42. The molecule has 1 atom stereocenters. The van der Waals surface area contributed by atoms with Crippen molar-refractivity contribution in [3.05, 3.63) is 72.9 Å². The second-order valence-corrected chi connectivity index (χ2v) is 6.99. The molecule has 0 radical (unpaired) electrons. The normalized spacial score (nSPS) is 15.1. The zero-order valence-corrected chi connectivity index (χ0v) is 16.4. The Bertz CT molecular complexity index is 941. The number of piperazine rings is 1. The van der Waals surface area contributed by atoms with E-state index in [2.05, 4.69) is 9.88 Å². The predicted molar refractivity (Wildman–Crippen MR) is 113 cm³/mol. The van der Waals surface area contributed by atoms with Crippen LogP contribution in [-0.4, -0.2) is 53.1 Å². The van der Waals surface area contributed by atoms with Crippen LogP contribution in [0.1, 0.15) is 6.92 Å². The number of nitrogens with zero attached hydrogens (tertiary/aromatic N) is 4. The van der Waals surface area contributed by atoms with Gasteiger partial charge in [0.2, 0.25) is 0 Å². The summed E-state index contributed by atoms with van der Waals surface area (Å²) in [6, 6.07) is 21.3. The number of para-hydroxylation sites is 1. The maximum atomic E-state index is 12.7. The molecule has 0 bridgehead atoms. The molecule has 0 spiro atoms. The molecule has 6 nitrogen and oxygen atoms in total. The summed E-state index contributed by atoms with van der Waals surface area (Å²) in [5.74, 6) is 2.33. The number of hydrogen-bond donors (Lipinski definition) is 0. The number of rotatable bonds is 5. The summed E-state index contributed by atoms with van der Waals surface area (Å²) in [7, 11) is 0. The van der Waals surface area contributed by atoms with E-state index in [0.29, 0.717) is 24.7 Å². The molecule has 6 heteroatoms. The van der Waals surface area contributed by atoms with Gasteiger partial charge in [0, 0.05) is 37.9 Å². The van der Waals surface area contributed by atoms with Crippen LogP contribution in [0.2, 0.25) is 0 Å². The third kappa shape index (κ3) is 4.54. The number of benzene rings is 2. The summed E-state index contributed by atoms with van der Waals surface area (Å²) in [5, 5.41) is 0. The molecule has 1 saturated heterocycles. The van der Waals surface area contributed by atoms with Crippen molar-refractivity contribution in [1.82, 2.24) is 14.9 Å². The maximum absolute atomic E-state index is 12.7. The van der Waals surface area contributed by atoms with E-state index < -0.39 is 6.10 Å². The highest BCUT2D eigenvalue weighted by molar-refractivity contribution is 5.81. The van der Waals surface area contributed by atoms with E-state index in [4.69, 9.17) is 9.72 Å². The first-order chi connectivity index (χ1) is 14.2. The minimum Gasteiger partial charge on any atom is -0.481 e. The number of anilines is 1. The highest BCUT2D eigenvalue weighted by Crippen LogP contribution is 2.20. The van der Waals surface area contributed by atoms with Crippen LogP contribution in [0.25, 0.3) is 11.4 Å². The number of carbonyl (C=O) groups excluding carboxylic acids is 1. The van der Waals surface area contributed by atoms with Crippen molar-refractivity contribution in [3.8, 4) is 17.1 Å². The van der Waals surface area contributed by atoms with Gasteiger partial charge in [0.25, 0.3) is 5.91 Å². The van der Waals surface area contributed by atoms with Gasteiger partial charge in [-0.3, -0.25) is 4.79 Å². The van der Waals surface area contributed by atoms with Gasteiger partial charge in [-0.25, -0.2) is 9.97 Å². The molecule has 1 aromatic heterocycles. The zero-order chi connectivity index (χ0) is 20.1. The smallest absolute Gasteiger partial charge is 0.263 e. The van der Waals surface area contributed by atoms with Crippen LogP contribution < -0.4 is 9.64 Å². The van der Waals surface area contributed by atoms with E-state index in [9.17, 15) is 4.79 Å². The first kappa shape index (κ1) is 18.9. The Kier molecular flexibility index (Phi) is 5.70. The van der Waals surface area contributed by atoms with E-state index in [0.717, 1.165) is 24.5 Å². The van der Waals surface area contributed by atoms with Crippen LogP contribution in [0.15, 0.2) is 72.9 Å². The van der Waals surface area contributed by atoms with Crippen molar-refractivity contribution in [2.24, 2.45) is 0 Å². The van der Waals surface area contributed by atoms with Crippen molar-refractivity contribution in [2.75, 3.05) is 31.1 Å². The lowest BCUT2D eigenvalue weighted by molar-refractivity contribution is -0.138. The molecule has 0 N–H and O–H groups in total. The number of carbonyl (C=O) groups is 1. The molecule has 2 aromatic carbocycles. The highest BCUT2D eigenvalue weighted by Gasteiger charge is 2.26. The Balaban J connectivity index is 1.36. The Morgan fingerprint density at radius 2 is 1.59 bits per heavy atom. The van der Waals surface area contributed by atoms with Crippen LogP contribution in [0, 0.1) is 0 Å². The number of aromatic nitrogens is 2. The van der Waals surface area contributed by atoms with Crippen LogP contribution >= 0.6 is 0 Å². The largest absolute Gasteiger partial charge is 0.481 e. The number of ether oxygens (including phenoxy) is 1. The topological polar surface area (TPSA) is 58.6 Å². The Morgan fingerprint density at radius 3 is 2.28 bits per heavy atom. The average molecular weight is 388 g/mol. The molecule has 4 rings (SSSR count). The maximum Gasteiger partial charge on any atom is 0.263 e. The molecule has 1 aliphatic heterocycles. The van der Waals surface area contributed by atoms with E-state index in [1.54, 1.807) is 13.1 Å². The van der Waals surface area contributed by atoms with Crippen molar-refractivity contribution in [1.29, 1.82) is 0 Å². The molecular weight excluding hydrogens is 364 g/mol. The molecule has 3 aromatic rings. The predicted octanol–water partition coefficient (Wildman–Crippen LogP) is 3.26. The third-order valence-corrected chi connectivity index (χ3v) is 4.99. The lowest BCUT2D eigenvalue weighted by Gasteiger charge is -2.36. The zero-order valence-electron chi connectivity index (χ0n) is 16.4. The fourth-order valence-corrected chi connectivity index (χ4v) is 3.42. The number of amides is 1. The van der Waals surface area contributed by atoms with Crippen LogP contribution in [0.5, 0.6) is 5.75 Å². The van der Waals surface area contributed by atoms with Crippen molar-refractivity contribution < 1.29 is 9.53 Å². The summed E-state index contributed by atoms with van der Waals surface area (Å²) in [6.07, 6.45) is 1.28. The van der Waals surface area contributed by atoms with Crippen molar-refractivity contribution in [2.45, 2.75) is 13.0 Å². The monoisotopic (exact) mass is 388 g/mol. The molecule has 1 amide bonds. The quantitative estimate of drug-likeness (QED) is 0.671. The highest BCUT2D eigenvalue weighted by atomic mass is 16.5. The van der Waals surface area contributed by atoms with Crippen LogP contribution in [0.4, 0.5) is 5.82 Å². The van der Waals surface area contributed by atoms with Gasteiger partial charge < -0.3 is 14.5 Å². The Morgan fingerprint density at radius 1 is 0.931 bits per heavy atom. The second-order valence-electron chi connectivity index (χ2n) is 6.99. The standard InChI is InChI=1S/C23H24N4O2/c1-18(29-20-10-6-3-7-11-20)23(28)27-16-14-26(15-17-27)21-12-13-24-22(25-21)19-8-4-2-5-9-19/h2-13,18H,14-17H2,1H3. The van der Waals surface area contributed by atoms with Gasteiger partial charge >= 0.3 is 0 Å². The van der Waals surface area contributed by atoms with Crippen LogP contribution in [-0.2, 0) is 4.79 Å². The summed E-state index contributed by atoms with van der Waals surface area (Å²) >= 11 is 0. The molecule has 148 valence electrons. The van der Waals surface area contributed by atoms with Gasteiger partial charge in [0.15, 0.2) is 11.9 Å². The van der Waals surface area contributed by atoms with Gasteiger partial charge in [-0.2, -0.15) is 0 Å². The van der Waals surface area contributed by atoms with Crippen molar-refractivity contribution in [3.63, 3.8) is 0 Å². The van der Waals surface area contributed by atoms with Gasteiger partial charge in [0.05, 0.1) is 0 Å². The van der Waals surface area contributed by atoms with Gasteiger partial charge in [0.1, 0.15) is 11.6 Å². The van der Waals surface area contributed by atoms with E-state index in [-0.39, 0.29) is 5.91 Å². The van der Waals surface area contributed by atoms with Gasteiger partial charge in [-0.15, -0.1) is 0 Å². The molecule has 1 fully saturated rings. The average Bonchev–Trinajstić information content (AvgIpc) is 2.80. The van der Waals surface area contributed by atoms with E-state index in [1.165, 1.54) is 0 Å². The Hall–Kier alpha value is -3.41. The number of hydrogen-bond acceptors (Lipinski definition) is 5. The molecule has 0 aliphatic carbocycles. The second kappa shape index (κ2) is 8.73. The first-order valence-electron chi connectivity index (χ1n) is 9.84. The summed E-state index contributed by atoms with van der Waals surface area (Å²) in [4.78, 5) is 25.9. The van der Waals surface area contributed by atoms with Crippen molar-refractivity contribution >= 4 is 11.7 Å². The van der Waals surface area contributed by atoms with Gasteiger partial charge in [-0.1, -0.05) is 48.5 Å². The Labute approximate surface area is 170 Å². The fraction of sp³-hybridized carbons (Fsp3) is 0.261. The SMILES string of the molecule is CC(Oc1ccccc1)C(=O)N1CCN(c2ccnc(-c3ccccc3)n2)CC1. The third-order valence-electron chi connectivity index (χ3n) is 4.99.